The Balaban J connectivity index is 2.74. The molecular weight excluding hydrogens is 248 g/mol. The van der Waals surface area contributed by atoms with Crippen LogP contribution < -0.4 is 10.1 Å². The van der Waals surface area contributed by atoms with Crippen LogP contribution in [0.2, 0.25) is 0 Å². The van der Waals surface area contributed by atoms with Crippen LogP contribution in [0.4, 0.5) is 0 Å². The molecule has 7 nitrogen and oxygen atoms in total. The lowest BCUT2D eigenvalue weighted by atomic mass is 10.3. The van der Waals surface area contributed by atoms with Crippen molar-refractivity contribution in [2.24, 2.45) is 0 Å². The van der Waals surface area contributed by atoms with Crippen molar-refractivity contribution < 1.29 is 14.3 Å². The van der Waals surface area contributed by atoms with E-state index >= 15 is 0 Å². The van der Waals surface area contributed by atoms with E-state index in [1.165, 1.54) is 18.2 Å². The molecule has 0 aliphatic carbocycles. The first-order chi connectivity index (χ1) is 8.99. The average Bonchev–Trinajstić information content (AvgIpc) is 2.82. The Hall–Kier alpha value is -2.05. The van der Waals surface area contributed by atoms with Gasteiger partial charge in [0.05, 0.1) is 19.9 Å². The summed E-state index contributed by atoms with van der Waals surface area (Å²) in [5, 5.41) is 9.09. The van der Waals surface area contributed by atoms with Crippen molar-refractivity contribution in [1.29, 1.82) is 0 Å². The van der Waals surface area contributed by atoms with Crippen LogP contribution in [0.5, 0.6) is 5.88 Å². The second kappa shape index (κ2) is 6.77. The summed E-state index contributed by atoms with van der Waals surface area (Å²) in [7, 11) is 1.45. The lowest BCUT2D eigenvalue weighted by Crippen LogP contribution is -2.42. The van der Waals surface area contributed by atoms with E-state index in [-0.39, 0.29) is 24.4 Å². The van der Waals surface area contributed by atoms with Crippen LogP contribution >= 0.6 is 0 Å². The van der Waals surface area contributed by atoms with Crippen molar-refractivity contribution in [2.45, 2.75) is 26.8 Å². The second-order valence-corrected chi connectivity index (χ2v) is 4.36. The quantitative estimate of drug-likeness (QED) is 0.782. The normalized spacial score (nSPS) is 10.4. The number of nitrogens with zero attached hydrogens (tertiary/aromatic N) is 2. The summed E-state index contributed by atoms with van der Waals surface area (Å²) in [6, 6.07) is 0.0461. The number of likely N-dealkylation sites (N-methyl/N-ethyl adjacent to an activating group) is 1. The van der Waals surface area contributed by atoms with Gasteiger partial charge < -0.3 is 15.0 Å². The molecule has 0 saturated carbocycles. The summed E-state index contributed by atoms with van der Waals surface area (Å²) in [6.45, 7) is 6.00. The van der Waals surface area contributed by atoms with Gasteiger partial charge in [-0.05, 0) is 20.8 Å². The van der Waals surface area contributed by atoms with Gasteiger partial charge in [0.2, 0.25) is 11.8 Å². The second-order valence-electron chi connectivity index (χ2n) is 4.36. The van der Waals surface area contributed by atoms with Gasteiger partial charge in [0.15, 0.2) is 0 Å². The molecule has 2 N–H and O–H groups in total. The number of carbonyl (C=O) groups is 2. The van der Waals surface area contributed by atoms with E-state index in [2.05, 4.69) is 15.5 Å². The van der Waals surface area contributed by atoms with Crippen LogP contribution in [0.3, 0.4) is 0 Å². The first-order valence-electron chi connectivity index (χ1n) is 6.15. The number of rotatable bonds is 6. The highest BCUT2D eigenvalue weighted by molar-refractivity contribution is 5.98. The minimum atomic E-state index is -0.285. The number of aromatic nitrogens is 2. The molecule has 1 aromatic heterocycles. The Morgan fingerprint density at radius 2 is 2.21 bits per heavy atom. The van der Waals surface area contributed by atoms with Crippen molar-refractivity contribution in [2.75, 3.05) is 20.2 Å². The number of amides is 2. The van der Waals surface area contributed by atoms with Gasteiger partial charge in [0.1, 0.15) is 5.56 Å². The Kier molecular flexibility index (Phi) is 5.35. The molecule has 7 heteroatoms. The van der Waals surface area contributed by atoms with Crippen molar-refractivity contribution in [1.82, 2.24) is 20.4 Å². The summed E-state index contributed by atoms with van der Waals surface area (Å²) in [5.74, 6) is -0.174. The molecular formula is C12H20N4O3. The zero-order valence-electron chi connectivity index (χ0n) is 11.7. The van der Waals surface area contributed by atoms with Gasteiger partial charge in [-0.15, -0.1) is 0 Å². The van der Waals surface area contributed by atoms with Crippen LogP contribution in [0.25, 0.3) is 0 Å². The van der Waals surface area contributed by atoms with E-state index in [1.807, 2.05) is 20.8 Å². The third-order valence-corrected chi connectivity index (χ3v) is 2.49. The Morgan fingerprint density at radius 1 is 1.53 bits per heavy atom. The van der Waals surface area contributed by atoms with E-state index in [4.69, 9.17) is 4.74 Å². The zero-order valence-corrected chi connectivity index (χ0v) is 11.7. The van der Waals surface area contributed by atoms with Crippen molar-refractivity contribution >= 4 is 11.8 Å². The topological polar surface area (TPSA) is 87.3 Å². The summed E-state index contributed by atoms with van der Waals surface area (Å²) >= 11 is 0. The number of ether oxygens (including phenoxy) is 1. The fourth-order valence-corrected chi connectivity index (χ4v) is 1.62. The molecule has 0 fully saturated rings. The number of methoxy groups -OCH3 is 1. The van der Waals surface area contributed by atoms with Crippen molar-refractivity contribution in [3.05, 3.63) is 11.8 Å². The fourth-order valence-electron chi connectivity index (χ4n) is 1.62. The predicted molar refractivity (Wildman–Crippen MR) is 70.0 cm³/mol. The minimum Gasteiger partial charge on any atom is -0.481 e. The van der Waals surface area contributed by atoms with Gasteiger partial charge in [0.25, 0.3) is 5.91 Å². The summed E-state index contributed by atoms with van der Waals surface area (Å²) in [5.41, 5.74) is 0.321. The summed E-state index contributed by atoms with van der Waals surface area (Å²) in [4.78, 5) is 25.4. The van der Waals surface area contributed by atoms with E-state index in [0.29, 0.717) is 18.0 Å². The molecule has 2 amide bonds. The predicted octanol–water partition coefficient (Wildman–Crippen LogP) is 0.405. The Labute approximate surface area is 112 Å². The zero-order chi connectivity index (χ0) is 14.4. The molecule has 0 atom stereocenters. The van der Waals surface area contributed by atoms with Crippen LogP contribution in [0.1, 0.15) is 31.1 Å². The van der Waals surface area contributed by atoms with E-state index < -0.39 is 0 Å². The number of hydrogen-bond donors (Lipinski definition) is 2. The average molecular weight is 268 g/mol. The molecule has 1 aromatic rings. The Morgan fingerprint density at radius 3 is 2.74 bits per heavy atom. The molecule has 0 bridgehead atoms. The first kappa shape index (κ1) is 15.0. The Bertz CT molecular complexity index is 442. The first-order valence-corrected chi connectivity index (χ1v) is 6.15. The molecule has 0 unspecified atom stereocenters. The molecule has 0 radical (unpaired) electrons. The fraction of sp³-hybridized carbons (Fsp3) is 0.583. The molecule has 1 rings (SSSR count). The van der Waals surface area contributed by atoms with Gasteiger partial charge in [-0.3, -0.25) is 9.59 Å². The van der Waals surface area contributed by atoms with E-state index in [9.17, 15) is 9.59 Å². The SMILES string of the molecule is CCN(CC(=O)NC(C)C)C(=O)c1cn[nH]c1OC. The molecule has 0 aliphatic rings. The van der Waals surface area contributed by atoms with Gasteiger partial charge >= 0.3 is 0 Å². The molecule has 0 aliphatic heterocycles. The number of aromatic amines is 1. The van der Waals surface area contributed by atoms with E-state index in [0.717, 1.165) is 0 Å². The highest BCUT2D eigenvalue weighted by Crippen LogP contribution is 2.15. The summed E-state index contributed by atoms with van der Waals surface area (Å²) in [6.07, 6.45) is 1.39. The highest BCUT2D eigenvalue weighted by atomic mass is 16.5. The lowest BCUT2D eigenvalue weighted by molar-refractivity contribution is -0.122. The molecule has 1 heterocycles. The maximum Gasteiger partial charge on any atom is 0.261 e. The van der Waals surface area contributed by atoms with Gasteiger partial charge in [0, 0.05) is 12.6 Å². The standard InChI is InChI=1S/C12H20N4O3/c1-5-16(7-10(17)14-8(2)3)12(18)9-6-13-15-11(9)19-4/h6,8H,5,7H2,1-4H3,(H,13,15)(H,14,17). The maximum absolute atomic E-state index is 12.2. The smallest absolute Gasteiger partial charge is 0.261 e. The van der Waals surface area contributed by atoms with Crippen LogP contribution in [0, 0.1) is 0 Å². The molecule has 19 heavy (non-hydrogen) atoms. The lowest BCUT2D eigenvalue weighted by Gasteiger charge is -2.20. The maximum atomic E-state index is 12.2. The monoisotopic (exact) mass is 268 g/mol. The third-order valence-electron chi connectivity index (χ3n) is 2.49. The van der Waals surface area contributed by atoms with E-state index in [1.54, 1.807) is 0 Å². The molecule has 0 spiro atoms. The largest absolute Gasteiger partial charge is 0.481 e. The van der Waals surface area contributed by atoms with Gasteiger partial charge in [-0.25, -0.2) is 5.10 Å². The third kappa shape index (κ3) is 3.97. The molecule has 0 aromatic carbocycles. The summed E-state index contributed by atoms with van der Waals surface area (Å²) < 4.78 is 5.00. The molecule has 106 valence electrons. The van der Waals surface area contributed by atoms with Crippen LogP contribution in [-0.4, -0.2) is 53.2 Å². The van der Waals surface area contributed by atoms with Crippen molar-refractivity contribution in [3.8, 4) is 5.88 Å². The highest BCUT2D eigenvalue weighted by Gasteiger charge is 2.22. The minimum absolute atomic E-state index is 0.0157. The van der Waals surface area contributed by atoms with Crippen LogP contribution in [-0.2, 0) is 4.79 Å². The van der Waals surface area contributed by atoms with Crippen molar-refractivity contribution in [3.63, 3.8) is 0 Å². The van der Waals surface area contributed by atoms with Crippen LogP contribution in [0.15, 0.2) is 6.20 Å². The molecule has 0 saturated heterocycles. The number of hydrogen-bond acceptors (Lipinski definition) is 4. The number of H-pyrrole nitrogens is 1. The number of carbonyl (C=O) groups excluding carboxylic acids is 2. The van der Waals surface area contributed by atoms with Gasteiger partial charge in [-0.1, -0.05) is 0 Å². The number of nitrogens with one attached hydrogen (secondary N) is 2. The van der Waals surface area contributed by atoms with Gasteiger partial charge in [-0.2, -0.15) is 5.10 Å².